The minimum atomic E-state index is -1.04. The van der Waals surface area contributed by atoms with Gasteiger partial charge in [0.05, 0.1) is 24.7 Å². The van der Waals surface area contributed by atoms with Gasteiger partial charge in [0.2, 0.25) is 5.91 Å². The molecule has 0 aromatic carbocycles. The fraction of sp³-hybridized carbons (Fsp3) is 0.684. The zero-order valence-corrected chi connectivity index (χ0v) is 17.5. The van der Waals surface area contributed by atoms with Gasteiger partial charge in [-0.05, 0) is 26.3 Å². The summed E-state index contributed by atoms with van der Waals surface area (Å²) < 4.78 is 5.27. The lowest BCUT2D eigenvalue weighted by atomic mass is 9.84. The summed E-state index contributed by atoms with van der Waals surface area (Å²) in [6.45, 7) is 5.29. The van der Waals surface area contributed by atoms with Crippen LogP contribution in [0.2, 0.25) is 0 Å². The number of carboxylic acid groups (broad SMARTS) is 1. The quantitative estimate of drug-likeness (QED) is 0.265. The van der Waals surface area contributed by atoms with Gasteiger partial charge in [-0.3, -0.25) is 9.69 Å². The van der Waals surface area contributed by atoms with Gasteiger partial charge in [-0.15, -0.1) is 0 Å². The van der Waals surface area contributed by atoms with Gasteiger partial charge in [-0.1, -0.05) is 6.08 Å². The molecular weight excluding hydrogens is 392 g/mol. The van der Waals surface area contributed by atoms with Crippen molar-refractivity contribution in [3.63, 3.8) is 0 Å². The van der Waals surface area contributed by atoms with E-state index < -0.39 is 30.2 Å². The monoisotopic (exact) mass is 424 g/mol. The Morgan fingerprint density at radius 1 is 1.37 bits per heavy atom. The molecule has 2 rings (SSSR count). The molecule has 1 fully saturated rings. The van der Waals surface area contributed by atoms with E-state index in [1.807, 2.05) is 6.92 Å². The molecule has 0 unspecified atom stereocenters. The molecule has 4 atom stereocenters. The Kier molecular flexibility index (Phi) is 8.46. The lowest BCUT2D eigenvalue weighted by molar-refractivity contribution is -0.133. The molecular formula is C19H32N6O5. The number of likely N-dealkylation sites (tertiary alicyclic amines) is 1. The number of alkyl carbamates (subject to hydrolysis) is 1. The van der Waals surface area contributed by atoms with Gasteiger partial charge >= 0.3 is 12.1 Å². The molecule has 0 aromatic heterocycles. The highest BCUT2D eigenvalue weighted by molar-refractivity contribution is 5.87. The van der Waals surface area contributed by atoms with E-state index in [1.54, 1.807) is 6.08 Å². The van der Waals surface area contributed by atoms with Crippen LogP contribution in [0.1, 0.15) is 33.1 Å². The molecule has 1 aliphatic heterocycles. The fourth-order valence-corrected chi connectivity index (χ4v) is 4.08. The molecule has 1 aliphatic carbocycles. The van der Waals surface area contributed by atoms with Crippen molar-refractivity contribution in [2.24, 2.45) is 22.4 Å². The first kappa shape index (κ1) is 23.5. The second-order valence-corrected chi connectivity index (χ2v) is 7.67. The van der Waals surface area contributed by atoms with Gasteiger partial charge in [-0.25, -0.2) is 14.6 Å². The third kappa shape index (κ3) is 6.61. The fourth-order valence-electron chi connectivity index (χ4n) is 4.08. The third-order valence-electron chi connectivity index (χ3n) is 5.29. The number of guanidine groups is 1. The summed E-state index contributed by atoms with van der Waals surface area (Å²) in [6, 6.07) is -1.46. The number of rotatable bonds is 7. The Balaban J connectivity index is 2.23. The van der Waals surface area contributed by atoms with Crippen molar-refractivity contribution >= 4 is 23.9 Å². The topological polar surface area (TPSA) is 172 Å². The van der Waals surface area contributed by atoms with Crippen molar-refractivity contribution in [1.29, 1.82) is 0 Å². The molecule has 1 saturated heterocycles. The smallest absolute Gasteiger partial charge is 0.407 e. The molecule has 0 radical (unpaired) electrons. The lowest BCUT2D eigenvalue weighted by Gasteiger charge is -2.44. The normalized spacial score (nSPS) is 26.8. The van der Waals surface area contributed by atoms with Crippen molar-refractivity contribution in [3.05, 3.63) is 11.6 Å². The van der Waals surface area contributed by atoms with Crippen molar-refractivity contribution in [2.75, 3.05) is 26.2 Å². The van der Waals surface area contributed by atoms with Gasteiger partial charge in [0, 0.05) is 37.9 Å². The first-order chi connectivity index (χ1) is 14.2. The Bertz CT molecular complexity index is 706. The zero-order chi connectivity index (χ0) is 22.3. The molecule has 0 bridgehead atoms. The van der Waals surface area contributed by atoms with Crippen LogP contribution in [-0.4, -0.2) is 78.3 Å². The molecule has 7 N–H and O–H groups in total. The number of hydrogen-bond donors (Lipinski definition) is 5. The Hall–Kier alpha value is -2.82. The molecule has 2 amide bonds. The predicted molar refractivity (Wildman–Crippen MR) is 111 cm³/mol. The molecule has 11 heteroatoms. The molecule has 168 valence electrons. The molecule has 2 aliphatic rings. The molecule has 0 saturated carbocycles. The number of nitrogens with zero attached hydrogens (tertiary/aromatic N) is 2. The van der Waals surface area contributed by atoms with E-state index in [2.05, 4.69) is 20.5 Å². The highest BCUT2D eigenvalue weighted by Gasteiger charge is 2.40. The Morgan fingerprint density at radius 2 is 2.10 bits per heavy atom. The number of ether oxygens (including phenoxy) is 1. The van der Waals surface area contributed by atoms with Gasteiger partial charge < -0.3 is 31.9 Å². The number of nitrogens with two attached hydrogens (primary N) is 2. The maximum Gasteiger partial charge on any atom is 0.407 e. The summed E-state index contributed by atoms with van der Waals surface area (Å²) >= 11 is 0. The number of piperidine rings is 1. The number of amides is 2. The minimum absolute atomic E-state index is 0.101. The number of hydrogen-bond acceptors (Lipinski definition) is 6. The summed E-state index contributed by atoms with van der Waals surface area (Å²) in [4.78, 5) is 41.4. The van der Waals surface area contributed by atoms with Crippen LogP contribution >= 0.6 is 0 Å². The molecule has 30 heavy (non-hydrogen) atoms. The zero-order valence-electron chi connectivity index (χ0n) is 17.5. The van der Waals surface area contributed by atoms with E-state index in [1.165, 1.54) is 6.92 Å². The number of carbonyl (C=O) groups is 3. The highest BCUT2D eigenvalue weighted by atomic mass is 16.5. The average molecular weight is 425 g/mol. The van der Waals surface area contributed by atoms with E-state index in [0.717, 1.165) is 19.4 Å². The van der Waals surface area contributed by atoms with E-state index >= 15 is 0 Å². The predicted octanol–water partition coefficient (Wildman–Crippen LogP) is -0.625. The first-order valence-corrected chi connectivity index (χ1v) is 10.2. The largest absolute Gasteiger partial charge is 0.478 e. The van der Waals surface area contributed by atoms with E-state index in [-0.39, 0.29) is 36.4 Å². The van der Waals surface area contributed by atoms with Gasteiger partial charge in [-0.2, -0.15) is 0 Å². The summed E-state index contributed by atoms with van der Waals surface area (Å²) in [7, 11) is 0. The van der Waals surface area contributed by atoms with Crippen LogP contribution in [0.15, 0.2) is 16.6 Å². The number of aliphatic carboxylic acids is 1. The van der Waals surface area contributed by atoms with Crippen LogP contribution in [0, 0.1) is 5.92 Å². The molecule has 1 heterocycles. The lowest BCUT2D eigenvalue weighted by Crippen LogP contribution is -2.59. The van der Waals surface area contributed by atoms with E-state index in [9.17, 15) is 19.5 Å². The molecule has 0 spiro atoms. The SMILES string of the molecule is CCNC(=O)OC[C@H]1CCCN([C@@H]2C=C(C(=O)O)C[C@H](N=C(N)N)[C@H]2NC(C)=O)C1. The first-order valence-electron chi connectivity index (χ1n) is 10.2. The number of aliphatic imine (C=N–C) groups is 1. The summed E-state index contributed by atoms with van der Waals surface area (Å²) in [5, 5.41) is 15.1. The standard InChI is InChI=1S/C19H32N6O5/c1-3-22-19(29)30-10-12-5-4-6-25(9-12)15-8-13(17(27)28)7-14(24-18(20)21)16(15)23-11(2)26/h8,12,14-16H,3-7,9-10H2,1-2H3,(H,22,29)(H,23,26)(H,27,28)(H4,20,21,24)/t12-,14-,15+,16+/m0/s1. The highest BCUT2D eigenvalue weighted by Crippen LogP contribution is 2.29. The van der Waals surface area contributed by atoms with Gasteiger partial charge in [0.25, 0.3) is 0 Å². The van der Waals surface area contributed by atoms with Crippen LogP contribution in [0.3, 0.4) is 0 Å². The maximum atomic E-state index is 11.8. The van der Waals surface area contributed by atoms with E-state index in [4.69, 9.17) is 16.2 Å². The summed E-state index contributed by atoms with van der Waals surface area (Å²) in [5.74, 6) is -1.34. The number of nitrogens with one attached hydrogen (secondary N) is 2. The average Bonchev–Trinajstić information content (AvgIpc) is 2.67. The summed E-state index contributed by atoms with van der Waals surface area (Å²) in [6.07, 6.45) is 3.08. The second-order valence-electron chi connectivity index (χ2n) is 7.67. The van der Waals surface area contributed by atoms with E-state index in [0.29, 0.717) is 13.1 Å². The third-order valence-corrected chi connectivity index (χ3v) is 5.29. The number of carboxylic acids is 1. The molecule has 11 nitrogen and oxygen atoms in total. The van der Waals surface area contributed by atoms with Crippen LogP contribution in [0.4, 0.5) is 4.79 Å². The Labute approximate surface area is 175 Å². The minimum Gasteiger partial charge on any atom is -0.478 e. The van der Waals surface area contributed by atoms with Crippen LogP contribution < -0.4 is 22.1 Å². The number of carbonyl (C=O) groups excluding carboxylic acids is 2. The van der Waals surface area contributed by atoms with Crippen LogP contribution in [0.25, 0.3) is 0 Å². The van der Waals surface area contributed by atoms with Crippen molar-refractivity contribution < 1.29 is 24.2 Å². The second kappa shape index (κ2) is 10.8. The van der Waals surface area contributed by atoms with Gasteiger partial charge in [0.1, 0.15) is 0 Å². The van der Waals surface area contributed by atoms with Crippen molar-refractivity contribution in [3.8, 4) is 0 Å². The summed E-state index contributed by atoms with van der Waals surface area (Å²) in [5.41, 5.74) is 11.3. The van der Waals surface area contributed by atoms with Crippen LogP contribution in [0.5, 0.6) is 0 Å². The van der Waals surface area contributed by atoms with Crippen LogP contribution in [-0.2, 0) is 14.3 Å². The van der Waals surface area contributed by atoms with Crippen molar-refractivity contribution in [1.82, 2.24) is 15.5 Å². The van der Waals surface area contributed by atoms with Crippen molar-refractivity contribution in [2.45, 2.75) is 51.2 Å². The maximum absolute atomic E-state index is 11.8. The Morgan fingerprint density at radius 3 is 2.70 bits per heavy atom. The van der Waals surface area contributed by atoms with Gasteiger partial charge in [0.15, 0.2) is 5.96 Å². The molecule has 0 aromatic rings.